The van der Waals surface area contributed by atoms with E-state index in [9.17, 15) is 5.11 Å². The molecule has 2 fully saturated rings. The summed E-state index contributed by atoms with van der Waals surface area (Å²) in [4.78, 5) is 5.93. The van der Waals surface area contributed by atoms with Gasteiger partial charge in [-0.1, -0.05) is 11.6 Å². The molecule has 106 valence electrons. The van der Waals surface area contributed by atoms with Crippen LogP contribution < -0.4 is 0 Å². The lowest BCUT2D eigenvalue weighted by Gasteiger charge is -2.33. The molecule has 1 N–H and O–H groups in total. The normalized spacial score (nSPS) is 30.0. The zero-order valence-electron chi connectivity index (χ0n) is 10.8. The lowest BCUT2D eigenvalue weighted by atomic mass is 10.2. The molecule has 1 aromatic rings. The van der Waals surface area contributed by atoms with Crippen molar-refractivity contribution < 1.29 is 9.84 Å². The Hall–Kier alpha value is -0.170. The molecular formula is C13H19ClN2O2S. The highest BCUT2D eigenvalue weighted by Gasteiger charge is 2.35. The first-order valence-electron chi connectivity index (χ1n) is 6.69. The smallest absolute Gasteiger partial charge is 0.0931 e. The number of nitrogens with zero attached hydrogens (tertiary/aromatic N) is 2. The molecule has 0 radical (unpaired) electrons. The highest BCUT2D eigenvalue weighted by molar-refractivity contribution is 7.16. The summed E-state index contributed by atoms with van der Waals surface area (Å²) in [6, 6.07) is 4.26. The van der Waals surface area contributed by atoms with Gasteiger partial charge >= 0.3 is 0 Å². The minimum absolute atomic E-state index is 0.249. The highest BCUT2D eigenvalue weighted by Crippen LogP contribution is 2.25. The van der Waals surface area contributed by atoms with Crippen LogP contribution in [0.3, 0.4) is 0 Å². The maximum absolute atomic E-state index is 10.2. The molecule has 1 aromatic heterocycles. The van der Waals surface area contributed by atoms with Crippen LogP contribution >= 0.6 is 22.9 Å². The van der Waals surface area contributed by atoms with Gasteiger partial charge in [0.25, 0.3) is 0 Å². The number of hydrogen-bond acceptors (Lipinski definition) is 5. The van der Waals surface area contributed by atoms with Crippen LogP contribution in [0.1, 0.15) is 4.88 Å². The van der Waals surface area contributed by atoms with E-state index < -0.39 is 0 Å². The third-order valence-electron chi connectivity index (χ3n) is 3.86. The standard InChI is InChI=1S/C13H19ClN2O2S/c14-13-2-1-10(19-13)7-15-8-11(12(17)9-15)16-3-5-18-6-4-16/h1-2,11-12,17H,3-9H2/t11-,12-/m0/s1. The molecule has 2 saturated heterocycles. The van der Waals surface area contributed by atoms with Gasteiger partial charge in [0.2, 0.25) is 0 Å². The molecule has 3 rings (SSSR count). The van der Waals surface area contributed by atoms with Gasteiger partial charge in [0.15, 0.2) is 0 Å². The van der Waals surface area contributed by atoms with Crippen LogP contribution in [0.5, 0.6) is 0 Å². The summed E-state index contributed by atoms with van der Waals surface area (Å²) in [5.74, 6) is 0. The monoisotopic (exact) mass is 302 g/mol. The van der Waals surface area contributed by atoms with Crippen LogP contribution in [-0.2, 0) is 11.3 Å². The van der Waals surface area contributed by atoms with E-state index in [4.69, 9.17) is 16.3 Å². The molecular weight excluding hydrogens is 284 g/mol. The molecule has 0 spiro atoms. The predicted molar refractivity (Wildman–Crippen MR) is 76.8 cm³/mol. The van der Waals surface area contributed by atoms with Gasteiger partial charge in [0, 0.05) is 43.6 Å². The van der Waals surface area contributed by atoms with E-state index in [1.54, 1.807) is 11.3 Å². The van der Waals surface area contributed by atoms with E-state index in [-0.39, 0.29) is 12.1 Å². The van der Waals surface area contributed by atoms with Crippen LogP contribution in [-0.4, -0.2) is 66.4 Å². The molecule has 0 aromatic carbocycles. The van der Waals surface area contributed by atoms with Gasteiger partial charge < -0.3 is 9.84 Å². The molecule has 2 aliphatic rings. The molecule has 0 saturated carbocycles. The van der Waals surface area contributed by atoms with Crippen molar-refractivity contribution in [2.24, 2.45) is 0 Å². The van der Waals surface area contributed by atoms with E-state index in [1.807, 2.05) is 6.07 Å². The molecule has 0 aliphatic carbocycles. The van der Waals surface area contributed by atoms with Crippen molar-refractivity contribution in [2.75, 3.05) is 39.4 Å². The first-order valence-corrected chi connectivity index (χ1v) is 7.88. The average Bonchev–Trinajstić information content (AvgIpc) is 2.97. The van der Waals surface area contributed by atoms with Crippen molar-refractivity contribution in [3.05, 3.63) is 21.3 Å². The number of likely N-dealkylation sites (tertiary alicyclic amines) is 1. The number of thiophene rings is 1. The van der Waals surface area contributed by atoms with Crippen LogP contribution in [0.25, 0.3) is 0 Å². The first-order chi connectivity index (χ1) is 9.22. The Morgan fingerprint density at radius 3 is 2.79 bits per heavy atom. The van der Waals surface area contributed by atoms with Crippen molar-refractivity contribution in [1.29, 1.82) is 0 Å². The summed E-state index contributed by atoms with van der Waals surface area (Å²) < 4.78 is 6.20. The molecule has 2 aliphatic heterocycles. The minimum atomic E-state index is -0.256. The Labute approximate surface area is 122 Å². The molecule has 0 amide bonds. The summed E-state index contributed by atoms with van der Waals surface area (Å²) in [7, 11) is 0. The van der Waals surface area contributed by atoms with Crippen molar-refractivity contribution >= 4 is 22.9 Å². The number of aliphatic hydroxyl groups excluding tert-OH is 1. The zero-order chi connectivity index (χ0) is 13.2. The first kappa shape index (κ1) is 13.8. The fraction of sp³-hybridized carbons (Fsp3) is 0.692. The van der Waals surface area contributed by atoms with E-state index in [0.29, 0.717) is 0 Å². The third kappa shape index (κ3) is 3.29. The summed E-state index contributed by atoms with van der Waals surface area (Å²) in [5, 5.41) is 10.2. The van der Waals surface area contributed by atoms with Gasteiger partial charge in [-0.3, -0.25) is 9.80 Å². The van der Waals surface area contributed by atoms with Crippen molar-refractivity contribution in [3.63, 3.8) is 0 Å². The third-order valence-corrected chi connectivity index (χ3v) is 5.07. The minimum Gasteiger partial charge on any atom is -0.390 e. The fourth-order valence-corrected chi connectivity index (χ4v) is 4.03. The quantitative estimate of drug-likeness (QED) is 0.912. The number of hydrogen-bond donors (Lipinski definition) is 1. The average molecular weight is 303 g/mol. The molecule has 0 unspecified atom stereocenters. The number of rotatable bonds is 3. The summed E-state index contributed by atoms with van der Waals surface area (Å²) in [5.41, 5.74) is 0. The Bertz CT molecular complexity index is 423. The van der Waals surface area contributed by atoms with Gasteiger partial charge in [-0.2, -0.15) is 0 Å². The lowest BCUT2D eigenvalue weighted by molar-refractivity contribution is -0.00617. The number of morpholine rings is 1. The van der Waals surface area contributed by atoms with Crippen LogP contribution in [0.2, 0.25) is 4.34 Å². The largest absolute Gasteiger partial charge is 0.390 e. The predicted octanol–water partition coefficient (Wildman–Crippen LogP) is 1.28. The molecule has 6 heteroatoms. The maximum atomic E-state index is 10.2. The Morgan fingerprint density at radius 1 is 1.32 bits per heavy atom. The summed E-state index contributed by atoms with van der Waals surface area (Å²) in [6.07, 6.45) is -0.256. The van der Waals surface area contributed by atoms with Crippen molar-refractivity contribution in [3.8, 4) is 0 Å². The van der Waals surface area contributed by atoms with E-state index in [1.165, 1.54) is 4.88 Å². The molecule has 19 heavy (non-hydrogen) atoms. The second-order valence-corrected chi connectivity index (χ2v) is 6.98. The molecule has 0 bridgehead atoms. The Balaban J connectivity index is 1.58. The molecule has 3 heterocycles. The second kappa shape index (κ2) is 6.08. The highest BCUT2D eigenvalue weighted by atomic mass is 35.5. The van der Waals surface area contributed by atoms with Gasteiger partial charge in [0.1, 0.15) is 0 Å². The van der Waals surface area contributed by atoms with Gasteiger partial charge in [0.05, 0.1) is 23.7 Å². The number of β-amino-alcohol motifs (C(OH)–C–C–N with tert-alkyl or cyclic N) is 1. The van der Waals surface area contributed by atoms with E-state index >= 15 is 0 Å². The van der Waals surface area contributed by atoms with Crippen LogP contribution in [0.15, 0.2) is 12.1 Å². The Kier molecular flexibility index (Phi) is 4.41. The molecule has 2 atom stereocenters. The Morgan fingerprint density at radius 2 is 2.11 bits per heavy atom. The maximum Gasteiger partial charge on any atom is 0.0931 e. The van der Waals surface area contributed by atoms with Crippen LogP contribution in [0.4, 0.5) is 0 Å². The van der Waals surface area contributed by atoms with Gasteiger partial charge in [-0.25, -0.2) is 0 Å². The van der Waals surface area contributed by atoms with Crippen LogP contribution in [0, 0.1) is 0 Å². The number of aliphatic hydroxyl groups is 1. The topological polar surface area (TPSA) is 35.9 Å². The van der Waals surface area contributed by atoms with Gasteiger partial charge in [-0.15, -0.1) is 11.3 Å². The summed E-state index contributed by atoms with van der Waals surface area (Å²) >= 11 is 7.57. The zero-order valence-corrected chi connectivity index (χ0v) is 12.4. The summed E-state index contributed by atoms with van der Waals surface area (Å²) in [6.45, 7) is 5.98. The number of ether oxygens (including phenoxy) is 1. The fourth-order valence-electron chi connectivity index (χ4n) is 2.90. The second-order valence-electron chi connectivity index (χ2n) is 5.18. The van der Waals surface area contributed by atoms with E-state index in [0.717, 1.165) is 50.3 Å². The van der Waals surface area contributed by atoms with Crippen molar-refractivity contribution in [1.82, 2.24) is 9.80 Å². The SMILES string of the molecule is O[C@H]1CN(Cc2ccc(Cl)s2)C[C@@H]1N1CCOCC1. The molecule has 4 nitrogen and oxygen atoms in total. The lowest BCUT2D eigenvalue weighted by Crippen LogP contribution is -2.48. The van der Waals surface area contributed by atoms with Crippen molar-refractivity contribution in [2.45, 2.75) is 18.7 Å². The van der Waals surface area contributed by atoms with Gasteiger partial charge in [-0.05, 0) is 12.1 Å². The van der Waals surface area contributed by atoms with E-state index in [2.05, 4.69) is 15.9 Å². The number of halogens is 1.